The van der Waals surface area contributed by atoms with Gasteiger partial charge in [-0.25, -0.2) is 4.98 Å². The highest BCUT2D eigenvalue weighted by Crippen LogP contribution is 2.27. The zero-order chi connectivity index (χ0) is 16.1. The Kier molecular flexibility index (Phi) is 4.95. The number of nitrogens with one attached hydrogen (secondary N) is 2. The third kappa shape index (κ3) is 3.95. The number of halogens is 1. The molecule has 0 bridgehead atoms. The van der Waals surface area contributed by atoms with Crippen LogP contribution in [0.5, 0.6) is 5.75 Å². The summed E-state index contributed by atoms with van der Waals surface area (Å²) in [6, 6.07) is 8.07. The summed E-state index contributed by atoms with van der Waals surface area (Å²) in [6.45, 7) is 1.87. The van der Waals surface area contributed by atoms with Crippen LogP contribution in [0.25, 0.3) is 0 Å². The Labute approximate surface area is 132 Å². The lowest BCUT2D eigenvalue weighted by Crippen LogP contribution is -2.29. The maximum atomic E-state index is 11.8. The van der Waals surface area contributed by atoms with Gasteiger partial charge < -0.3 is 15.4 Å². The van der Waals surface area contributed by atoms with Crippen LogP contribution in [0, 0.1) is 6.92 Å². The lowest BCUT2D eigenvalue weighted by Gasteiger charge is -2.08. The van der Waals surface area contributed by atoms with Gasteiger partial charge in [0.1, 0.15) is 11.6 Å². The van der Waals surface area contributed by atoms with E-state index < -0.39 is 11.8 Å². The standard InChI is InChI=1S/C15H14ClN3O3/c1-9-3-6-13(17-8-9)19-15(21)14(20)18-10-4-5-12(22-2)11(16)7-10/h3-8H,1-2H3,(H,18,20)(H,17,19,21). The van der Waals surface area contributed by atoms with Crippen molar-refractivity contribution >= 4 is 34.9 Å². The number of methoxy groups -OCH3 is 1. The van der Waals surface area contributed by atoms with Crippen molar-refractivity contribution in [2.45, 2.75) is 6.92 Å². The van der Waals surface area contributed by atoms with E-state index in [9.17, 15) is 9.59 Å². The maximum absolute atomic E-state index is 11.8. The van der Waals surface area contributed by atoms with Crippen molar-refractivity contribution in [1.29, 1.82) is 0 Å². The van der Waals surface area contributed by atoms with Gasteiger partial charge in [0.25, 0.3) is 0 Å². The molecule has 0 aliphatic carbocycles. The number of carbonyl (C=O) groups is 2. The van der Waals surface area contributed by atoms with E-state index in [2.05, 4.69) is 15.6 Å². The topological polar surface area (TPSA) is 80.3 Å². The molecule has 6 nitrogen and oxygen atoms in total. The van der Waals surface area contributed by atoms with Gasteiger partial charge in [-0.2, -0.15) is 0 Å². The van der Waals surface area contributed by atoms with Crippen molar-refractivity contribution < 1.29 is 14.3 Å². The van der Waals surface area contributed by atoms with Gasteiger partial charge in [-0.3, -0.25) is 9.59 Å². The van der Waals surface area contributed by atoms with Crippen LogP contribution >= 0.6 is 11.6 Å². The molecule has 2 N–H and O–H groups in total. The van der Waals surface area contributed by atoms with E-state index in [4.69, 9.17) is 16.3 Å². The van der Waals surface area contributed by atoms with Crippen LogP contribution in [-0.4, -0.2) is 23.9 Å². The molecule has 0 saturated carbocycles. The van der Waals surface area contributed by atoms with Gasteiger partial charge in [0, 0.05) is 11.9 Å². The van der Waals surface area contributed by atoms with Crippen molar-refractivity contribution in [3.8, 4) is 5.75 Å². The van der Waals surface area contributed by atoms with E-state index in [1.807, 2.05) is 6.92 Å². The molecule has 0 aliphatic rings. The van der Waals surface area contributed by atoms with Crippen LogP contribution in [0.3, 0.4) is 0 Å². The van der Waals surface area contributed by atoms with Gasteiger partial charge in [0.2, 0.25) is 0 Å². The molecular weight excluding hydrogens is 306 g/mol. The predicted octanol–water partition coefficient (Wildman–Crippen LogP) is 2.63. The van der Waals surface area contributed by atoms with Crippen molar-refractivity contribution in [3.05, 3.63) is 47.1 Å². The monoisotopic (exact) mass is 319 g/mol. The Hall–Kier alpha value is -2.60. The zero-order valence-corrected chi connectivity index (χ0v) is 12.8. The molecule has 7 heteroatoms. The molecular formula is C15H14ClN3O3. The summed E-state index contributed by atoms with van der Waals surface area (Å²) in [7, 11) is 1.49. The van der Waals surface area contributed by atoms with Crippen LogP contribution in [0.4, 0.5) is 11.5 Å². The highest BCUT2D eigenvalue weighted by Gasteiger charge is 2.15. The zero-order valence-electron chi connectivity index (χ0n) is 12.0. The average Bonchev–Trinajstić information content (AvgIpc) is 2.49. The molecule has 0 atom stereocenters. The molecule has 114 valence electrons. The second-order valence-electron chi connectivity index (χ2n) is 4.48. The van der Waals surface area contributed by atoms with E-state index >= 15 is 0 Å². The smallest absolute Gasteiger partial charge is 0.315 e. The summed E-state index contributed by atoms with van der Waals surface area (Å²) in [4.78, 5) is 27.6. The Bertz CT molecular complexity index is 702. The number of rotatable bonds is 3. The molecule has 0 aliphatic heterocycles. The van der Waals surface area contributed by atoms with Crippen molar-refractivity contribution in [2.75, 3.05) is 17.7 Å². The summed E-state index contributed by atoms with van der Waals surface area (Å²) in [5, 5.41) is 5.19. The largest absolute Gasteiger partial charge is 0.495 e. The summed E-state index contributed by atoms with van der Waals surface area (Å²) >= 11 is 5.95. The number of amides is 2. The number of nitrogens with zero attached hydrogens (tertiary/aromatic N) is 1. The average molecular weight is 320 g/mol. The SMILES string of the molecule is COc1ccc(NC(=O)C(=O)Nc2ccc(C)cn2)cc1Cl. The number of hydrogen-bond donors (Lipinski definition) is 2. The van der Waals surface area contributed by atoms with Gasteiger partial charge in [-0.1, -0.05) is 17.7 Å². The van der Waals surface area contributed by atoms with Crippen LogP contribution in [0.1, 0.15) is 5.56 Å². The van der Waals surface area contributed by atoms with Gasteiger partial charge in [0.05, 0.1) is 12.1 Å². The summed E-state index contributed by atoms with van der Waals surface area (Å²) in [5.41, 5.74) is 1.35. The Balaban J connectivity index is 2.00. The predicted molar refractivity (Wildman–Crippen MR) is 84.2 cm³/mol. The maximum Gasteiger partial charge on any atom is 0.315 e. The molecule has 1 heterocycles. The molecule has 0 saturated heterocycles. The Morgan fingerprint density at radius 3 is 2.45 bits per heavy atom. The molecule has 0 fully saturated rings. The van der Waals surface area contributed by atoms with Crippen molar-refractivity contribution in [2.24, 2.45) is 0 Å². The number of pyridine rings is 1. The number of aryl methyl sites for hydroxylation is 1. The normalized spacial score (nSPS) is 9.95. The minimum Gasteiger partial charge on any atom is -0.495 e. The third-order valence-electron chi connectivity index (χ3n) is 2.77. The number of anilines is 2. The lowest BCUT2D eigenvalue weighted by molar-refractivity contribution is -0.133. The quantitative estimate of drug-likeness (QED) is 0.852. The molecule has 2 aromatic rings. The fourth-order valence-electron chi connectivity index (χ4n) is 1.65. The van der Waals surface area contributed by atoms with Crippen molar-refractivity contribution in [1.82, 2.24) is 4.98 Å². The van der Waals surface area contributed by atoms with E-state index in [-0.39, 0.29) is 0 Å². The van der Waals surface area contributed by atoms with Gasteiger partial charge in [-0.15, -0.1) is 0 Å². The minimum absolute atomic E-state index is 0.304. The van der Waals surface area contributed by atoms with Gasteiger partial charge in [-0.05, 0) is 36.8 Å². The molecule has 0 spiro atoms. The van der Waals surface area contributed by atoms with Crippen LogP contribution in [0.2, 0.25) is 5.02 Å². The first-order valence-electron chi connectivity index (χ1n) is 6.38. The van der Waals surface area contributed by atoms with E-state index in [1.54, 1.807) is 30.5 Å². The van der Waals surface area contributed by atoms with Crippen molar-refractivity contribution in [3.63, 3.8) is 0 Å². The van der Waals surface area contributed by atoms with Gasteiger partial charge >= 0.3 is 11.8 Å². The third-order valence-corrected chi connectivity index (χ3v) is 3.06. The summed E-state index contributed by atoms with van der Waals surface area (Å²) in [5.74, 6) is -0.849. The summed E-state index contributed by atoms with van der Waals surface area (Å²) < 4.78 is 5.01. The minimum atomic E-state index is -0.816. The van der Waals surface area contributed by atoms with E-state index in [0.29, 0.717) is 22.3 Å². The molecule has 2 amide bonds. The van der Waals surface area contributed by atoms with E-state index in [1.165, 1.54) is 13.2 Å². The van der Waals surface area contributed by atoms with Crippen LogP contribution < -0.4 is 15.4 Å². The van der Waals surface area contributed by atoms with Crippen LogP contribution in [0.15, 0.2) is 36.5 Å². The highest BCUT2D eigenvalue weighted by atomic mass is 35.5. The first kappa shape index (κ1) is 15.8. The highest BCUT2D eigenvalue weighted by molar-refractivity contribution is 6.43. The molecule has 1 aromatic carbocycles. The molecule has 0 unspecified atom stereocenters. The number of carbonyl (C=O) groups excluding carboxylic acids is 2. The second-order valence-corrected chi connectivity index (χ2v) is 4.89. The lowest BCUT2D eigenvalue weighted by atomic mass is 10.3. The number of hydrogen-bond acceptors (Lipinski definition) is 4. The molecule has 0 radical (unpaired) electrons. The molecule has 1 aromatic heterocycles. The second kappa shape index (κ2) is 6.91. The number of aromatic nitrogens is 1. The fourth-order valence-corrected chi connectivity index (χ4v) is 1.90. The number of ether oxygens (including phenoxy) is 1. The van der Waals surface area contributed by atoms with Crippen LogP contribution in [-0.2, 0) is 9.59 Å². The van der Waals surface area contributed by atoms with Gasteiger partial charge in [0.15, 0.2) is 0 Å². The fraction of sp³-hybridized carbons (Fsp3) is 0.133. The first-order chi connectivity index (χ1) is 10.5. The number of benzene rings is 1. The Morgan fingerprint density at radius 1 is 1.14 bits per heavy atom. The molecule has 22 heavy (non-hydrogen) atoms. The Morgan fingerprint density at radius 2 is 1.86 bits per heavy atom. The first-order valence-corrected chi connectivity index (χ1v) is 6.76. The molecule has 2 rings (SSSR count). The van der Waals surface area contributed by atoms with E-state index in [0.717, 1.165) is 5.56 Å². The summed E-state index contributed by atoms with van der Waals surface area (Å²) in [6.07, 6.45) is 1.59.